The number of carbonyl (C=O) groups excluding carboxylic acids is 1. The second kappa shape index (κ2) is 7.75. The summed E-state index contributed by atoms with van der Waals surface area (Å²) in [7, 11) is 0. The number of benzene rings is 2. The number of rotatable bonds is 4. The molecule has 3 aromatic rings. The van der Waals surface area contributed by atoms with Crippen LogP contribution in [0.25, 0.3) is 17.3 Å². The molecule has 0 aliphatic carbocycles. The van der Waals surface area contributed by atoms with E-state index < -0.39 is 17.6 Å². The van der Waals surface area contributed by atoms with E-state index in [-0.39, 0.29) is 0 Å². The summed E-state index contributed by atoms with van der Waals surface area (Å²) in [6, 6.07) is 12.6. The summed E-state index contributed by atoms with van der Waals surface area (Å²) in [4.78, 5) is 16.4. The van der Waals surface area contributed by atoms with Gasteiger partial charge in [0.2, 0.25) is 5.91 Å². The SMILES string of the molecule is Cc1ccc(-c2csc(NC(=O)C=Cc3cccc(C(F)(F)F)c3)n2)cc1. The first-order chi connectivity index (χ1) is 12.8. The smallest absolute Gasteiger partial charge is 0.298 e. The summed E-state index contributed by atoms with van der Waals surface area (Å²) in [5.74, 6) is -0.461. The monoisotopic (exact) mass is 388 g/mol. The van der Waals surface area contributed by atoms with E-state index in [9.17, 15) is 18.0 Å². The van der Waals surface area contributed by atoms with Crippen LogP contribution in [0.1, 0.15) is 16.7 Å². The van der Waals surface area contributed by atoms with Crippen LogP contribution in [0.2, 0.25) is 0 Å². The van der Waals surface area contributed by atoms with E-state index in [2.05, 4.69) is 10.3 Å². The summed E-state index contributed by atoms with van der Waals surface area (Å²) in [6.45, 7) is 1.99. The van der Waals surface area contributed by atoms with Gasteiger partial charge in [0.15, 0.2) is 5.13 Å². The topological polar surface area (TPSA) is 42.0 Å². The van der Waals surface area contributed by atoms with Crippen LogP contribution in [0.15, 0.2) is 60.0 Å². The predicted molar refractivity (Wildman–Crippen MR) is 101 cm³/mol. The number of aromatic nitrogens is 1. The van der Waals surface area contributed by atoms with Gasteiger partial charge in [0.05, 0.1) is 11.3 Å². The molecule has 0 fully saturated rings. The predicted octanol–water partition coefficient (Wildman–Crippen LogP) is 5.79. The highest BCUT2D eigenvalue weighted by molar-refractivity contribution is 7.14. The van der Waals surface area contributed by atoms with Gasteiger partial charge < -0.3 is 0 Å². The molecule has 0 spiro atoms. The third-order valence-electron chi connectivity index (χ3n) is 3.72. The highest BCUT2D eigenvalue weighted by atomic mass is 32.1. The summed E-state index contributed by atoms with van der Waals surface area (Å²) >= 11 is 1.28. The van der Waals surface area contributed by atoms with E-state index in [4.69, 9.17) is 0 Å². The zero-order chi connectivity index (χ0) is 19.4. The fourth-order valence-corrected chi connectivity index (χ4v) is 3.05. The molecule has 2 aromatic carbocycles. The van der Waals surface area contributed by atoms with Gasteiger partial charge in [-0.1, -0.05) is 42.0 Å². The number of aryl methyl sites for hydroxylation is 1. The molecule has 1 heterocycles. The van der Waals surface area contributed by atoms with Gasteiger partial charge in [-0.15, -0.1) is 11.3 Å². The maximum atomic E-state index is 12.7. The molecule has 0 bridgehead atoms. The number of halogens is 3. The second-order valence-electron chi connectivity index (χ2n) is 5.85. The molecule has 0 saturated heterocycles. The number of nitrogens with one attached hydrogen (secondary N) is 1. The number of amides is 1. The van der Waals surface area contributed by atoms with E-state index in [1.807, 2.05) is 36.6 Å². The number of hydrogen-bond acceptors (Lipinski definition) is 3. The Morgan fingerprint density at radius 2 is 1.89 bits per heavy atom. The molecule has 3 nitrogen and oxygen atoms in total. The number of alkyl halides is 3. The quantitative estimate of drug-likeness (QED) is 0.575. The van der Waals surface area contributed by atoms with Crippen LogP contribution in [-0.4, -0.2) is 10.9 Å². The molecule has 0 unspecified atom stereocenters. The lowest BCUT2D eigenvalue weighted by atomic mass is 10.1. The fourth-order valence-electron chi connectivity index (χ4n) is 2.33. The second-order valence-corrected chi connectivity index (χ2v) is 6.71. The molecule has 0 aliphatic rings. The standard InChI is InChI=1S/C20H15F3N2OS/c1-13-5-8-15(9-6-13)17-12-27-19(24-17)25-18(26)10-7-14-3-2-4-16(11-14)20(21,22)23/h2-12H,1H3,(H,24,25,26). The first-order valence-corrected chi connectivity index (χ1v) is 8.88. The first-order valence-electron chi connectivity index (χ1n) is 8.00. The lowest BCUT2D eigenvalue weighted by Gasteiger charge is -2.06. The molecule has 3 rings (SSSR count). The molecule has 1 aromatic heterocycles. The molecule has 1 amide bonds. The largest absolute Gasteiger partial charge is 0.416 e. The average molecular weight is 388 g/mol. The maximum Gasteiger partial charge on any atom is 0.416 e. The lowest BCUT2D eigenvalue weighted by molar-refractivity contribution is -0.137. The van der Waals surface area contributed by atoms with Crippen molar-refractivity contribution in [2.45, 2.75) is 13.1 Å². The number of hydrogen-bond donors (Lipinski definition) is 1. The number of carbonyl (C=O) groups is 1. The van der Waals surface area contributed by atoms with Crippen molar-refractivity contribution in [2.24, 2.45) is 0 Å². The molecule has 27 heavy (non-hydrogen) atoms. The molecule has 7 heteroatoms. The Hall–Kier alpha value is -2.93. The molecule has 0 radical (unpaired) electrons. The van der Waals surface area contributed by atoms with Crippen molar-refractivity contribution in [3.63, 3.8) is 0 Å². The third-order valence-corrected chi connectivity index (χ3v) is 4.48. The van der Waals surface area contributed by atoms with Crippen LogP contribution >= 0.6 is 11.3 Å². The van der Waals surface area contributed by atoms with E-state index >= 15 is 0 Å². The van der Waals surface area contributed by atoms with Gasteiger partial charge >= 0.3 is 6.18 Å². The average Bonchev–Trinajstić information content (AvgIpc) is 3.08. The molecule has 0 saturated carbocycles. The Morgan fingerprint density at radius 3 is 2.59 bits per heavy atom. The van der Waals surface area contributed by atoms with Gasteiger partial charge in [0.1, 0.15) is 0 Å². The van der Waals surface area contributed by atoms with Crippen LogP contribution in [0, 0.1) is 6.92 Å². The summed E-state index contributed by atoms with van der Waals surface area (Å²) in [5, 5.41) is 4.87. The third kappa shape index (κ3) is 5.04. The van der Waals surface area contributed by atoms with E-state index in [1.54, 1.807) is 0 Å². The summed E-state index contributed by atoms with van der Waals surface area (Å²) in [6.07, 6.45) is -1.90. The summed E-state index contributed by atoms with van der Waals surface area (Å²) in [5.41, 5.74) is 2.36. The normalized spacial score (nSPS) is 11.7. The van der Waals surface area contributed by atoms with Crippen LogP contribution in [0.5, 0.6) is 0 Å². The Morgan fingerprint density at radius 1 is 1.15 bits per heavy atom. The lowest BCUT2D eigenvalue weighted by Crippen LogP contribution is -2.07. The molecule has 0 atom stereocenters. The van der Waals surface area contributed by atoms with Gasteiger partial charge in [-0.25, -0.2) is 4.98 Å². The highest BCUT2D eigenvalue weighted by Gasteiger charge is 2.30. The van der Waals surface area contributed by atoms with Crippen LogP contribution < -0.4 is 5.32 Å². The fraction of sp³-hybridized carbons (Fsp3) is 0.100. The molecular formula is C20H15F3N2OS. The number of anilines is 1. The van der Waals surface area contributed by atoms with Gasteiger partial charge in [-0.05, 0) is 30.7 Å². The molecule has 1 N–H and O–H groups in total. The highest BCUT2D eigenvalue weighted by Crippen LogP contribution is 2.30. The van der Waals surface area contributed by atoms with E-state index in [1.165, 1.54) is 35.6 Å². The van der Waals surface area contributed by atoms with Crippen LogP contribution in [0.4, 0.5) is 18.3 Å². The Balaban J connectivity index is 1.66. The maximum absolute atomic E-state index is 12.7. The number of thiazole rings is 1. The van der Waals surface area contributed by atoms with Gasteiger partial charge in [-0.2, -0.15) is 13.2 Å². The van der Waals surface area contributed by atoms with Crippen molar-refractivity contribution in [2.75, 3.05) is 5.32 Å². The minimum absolute atomic E-state index is 0.291. The van der Waals surface area contributed by atoms with Gasteiger partial charge in [-0.3, -0.25) is 10.1 Å². The number of nitrogens with zero attached hydrogens (tertiary/aromatic N) is 1. The first kappa shape index (κ1) is 18.8. The minimum Gasteiger partial charge on any atom is -0.298 e. The Labute approximate surface area is 158 Å². The Kier molecular flexibility index (Phi) is 5.41. The van der Waals surface area contributed by atoms with Gasteiger partial charge in [0, 0.05) is 17.0 Å². The van der Waals surface area contributed by atoms with Crippen LogP contribution in [0.3, 0.4) is 0 Å². The minimum atomic E-state index is -4.42. The van der Waals surface area contributed by atoms with Crippen molar-refractivity contribution in [3.05, 3.63) is 76.7 Å². The van der Waals surface area contributed by atoms with Gasteiger partial charge in [0.25, 0.3) is 0 Å². The van der Waals surface area contributed by atoms with E-state index in [0.717, 1.165) is 29.0 Å². The molecule has 0 aliphatic heterocycles. The van der Waals surface area contributed by atoms with Crippen molar-refractivity contribution in [3.8, 4) is 11.3 Å². The van der Waals surface area contributed by atoms with Crippen molar-refractivity contribution in [1.82, 2.24) is 4.98 Å². The van der Waals surface area contributed by atoms with Crippen molar-refractivity contribution in [1.29, 1.82) is 0 Å². The zero-order valence-corrected chi connectivity index (χ0v) is 15.1. The summed E-state index contributed by atoms with van der Waals surface area (Å²) < 4.78 is 38.1. The Bertz CT molecular complexity index is 975. The van der Waals surface area contributed by atoms with Crippen molar-refractivity contribution < 1.29 is 18.0 Å². The van der Waals surface area contributed by atoms with E-state index in [0.29, 0.717) is 10.7 Å². The molecular weight excluding hydrogens is 373 g/mol. The zero-order valence-electron chi connectivity index (χ0n) is 14.2. The van der Waals surface area contributed by atoms with Crippen molar-refractivity contribution >= 4 is 28.5 Å². The van der Waals surface area contributed by atoms with Crippen LogP contribution in [-0.2, 0) is 11.0 Å². The molecule has 138 valence electrons.